The zero-order valence-electron chi connectivity index (χ0n) is 11.1. The van der Waals surface area contributed by atoms with Gasteiger partial charge in [-0.2, -0.15) is 0 Å². The standard InChI is InChI=1S/C16H13BrFNO2/c17-13-9-10(5-6-14(13)18)19-16(20)12-7-8-21-15-4-2-1-3-11(12)15/h1-6,9,12H,7-8H2,(H,19,20). The highest BCUT2D eigenvalue weighted by atomic mass is 79.9. The third kappa shape index (κ3) is 2.93. The summed E-state index contributed by atoms with van der Waals surface area (Å²) in [6, 6.07) is 12.0. The molecule has 0 aliphatic carbocycles. The van der Waals surface area contributed by atoms with Gasteiger partial charge in [0.2, 0.25) is 5.91 Å². The van der Waals surface area contributed by atoms with Crippen LogP contribution in [0.5, 0.6) is 5.75 Å². The molecule has 1 unspecified atom stereocenters. The summed E-state index contributed by atoms with van der Waals surface area (Å²) < 4.78 is 19.1. The third-order valence-electron chi connectivity index (χ3n) is 3.46. The van der Waals surface area contributed by atoms with Crippen LogP contribution in [0, 0.1) is 5.82 Å². The minimum atomic E-state index is -0.357. The van der Waals surface area contributed by atoms with Crippen molar-refractivity contribution in [2.45, 2.75) is 12.3 Å². The van der Waals surface area contributed by atoms with Crippen LogP contribution in [0.25, 0.3) is 0 Å². The highest BCUT2D eigenvalue weighted by Crippen LogP contribution is 2.34. The van der Waals surface area contributed by atoms with E-state index < -0.39 is 0 Å². The smallest absolute Gasteiger partial charge is 0.232 e. The molecule has 108 valence electrons. The van der Waals surface area contributed by atoms with Crippen molar-refractivity contribution in [2.24, 2.45) is 0 Å². The van der Waals surface area contributed by atoms with E-state index in [4.69, 9.17) is 4.74 Å². The summed E-state index contributed by atoms with van der Waals surface area (Å²) in [4.78, 5) is 12.5. The molecule has 1 heterocycles. The Morgan fingerprint density at radius 2 is 2.10 bits per heavy atom. The third-order valence-corrected chi connectivity index (χ3v) is 4.07. The zero-order chi connectivity index (χ0) is 14.8. The minimum Gasteiger partial charge on any atom is -0.493 e. The number of hydrogen-bond acceptors (Lipinski definition) is 2. The van der Waals surface area contributed by atoms with Gasteiger partial charge >= 0.3 is 0 Å². The maximum atomic E-state index is 13.2. The first-order chi connectivity index (χ1) is 10.1. The molecule has 3 nitrogen and oxygen atoms in total. The normalized spacial score (nSPS) is 16.8. The van der Waals surface area contributed by atoms with E-state index in [0.29, 0.717) is 23.2 Å². The van der Waals surface area contributed by atoms with Gasteiger partial charge in [-0.3, -0.25) is 4.79 Å². The number of benzene rings is 2. The zero-order valence-corrected chi connectivity index (χ0v) is 12.7. The lowest BCUT2D eigenvalue weighted by Crippen LogP contribution is -2.26. The Balaban J connectivity index is 1.81. The molecule has 0 aromatic heterocycles. The predicted octanol–water partition coefficient (Wildman–Crippen LogP) is 4.09. The van der Waals surface area contributed by atoms with Gasteiger partial charge < -0.3 is 10.1 Å². The lowest BCUT2D eigenvalue weighted by molar-refractivity contribution is -0.118. The molecule has 0 saturated carbocycles. The number of para-hydroxylation sites is 1. The molecule has 2 aromatic carbocycles. The SMILES string of the molecule is O=C(Nc1ccc(F)c(Br)c1)C1CCOc2ccccc21. The van der Waals surface area contributed by atoms with Gasteiger partial charge in [-0.25, -0.2) is 4.39 Å². The Morgan fingerprint density at radius 1 is 1.29 bits per heavy atom. The van der Waals surface area contributed by atoms with E-state index in [-0.39, 0.29) is 17.6 Å². The van der Waals surface area contributed by atoms with Crippen molar-refractivity contribution < 1.29 is 13.9 Å². The van der Waals surface area contributed by atoms with E-state index >= 15 is 0 Å². The monoisotopic (exact) mass is 349 g/mol. The van der Waals surface area contributed by atoms with Crippen molar-refractivity contribution in [3.8, 4) is 5.75 Å². The maximum absolute atomic E-state index is 13.2. The van der Waals surface area contributed by atoms with E-state index in [1.807, 2.05) is 24.3 Å². The van der Waals surface area contributed by atoms with Crippen molar-refractivity contribution >= 4 is 27.5 Å². The fourth-order valence-corrected chi connectivity index (χ4v) is 2.80. The number of nitrogens with one attached hydrogen (secondary N) is 1. The largest absolute Gasteiger partial charge is 0.493 e. The fourth-order valence-electron chi connectivity index (χ4n) is 2.42. The molecule has 1 aliphatic heterocycles. The number of ether oxygens (including phenoxy) is 1. The summed E-state index contributed by atoms with van der Waals surface area (Å²) in [5, 5.41) is 2.83. The van der Waals surface area contributed by atoms with Crippen molar-refractivity contribution in [3.63, 3.8) is 0 Å². The Labute approximate surface area is 130 Å². The lowest BCUT2D eigenvalue weighted by Gasteiger charge is -2.25. The molecule has 0 radical (unpaired) electrons. The van der Waals surface area contributed by atoms with Gasteiger partial charge in [0, 0.05) is 11.3 Å². The molecule has 1 atom stereocenters. The van der Waals surface area contributed by atoms with Gasteiger partial charge in [0.25, 0.3) is 0 Å². The van der Waals surface area contributed by atoms with Crippen LogP contribution in [0.4, 0.5) is 10.1 Å². The number of anilines is 1. The minimum absolute atomic E-state index is 0.107. The lowest BCUT2D eigenvalue weighted by atomic mass is 9.92. The van der Waals surface area contributed by atoms with E-state index in [1.54, 1.807) is 12.1 Å². The highest BCUT2D eigenvalue weighted by molar-refractivity contribution is 9.10. The van der Waals surface area contributed by atoms with Gasteiger partial charge in [-0.05, 0) is 46.6 Å². The van der Waals surface area contributed by atoms with Gasteiger partial charge in [0.1, 0.15) is 11.6 Å². The maximum Gasteiger partial charge on any atom is 0.232 e. The number of amides is 1. The summed E-state index contributed by atoms with van der Waals surface area (Å²) >= 11 is 3.11. The summed E-state index contributed by atoms with van der Waals surface area (Å²) in [5.74, 6) is 0.0386. The van der Waals surface area contributed by atoms with Crippen LogP contribution in [0.15, 0.2) is 46.9 Å². The molecule has 0 spiro atoms. The molecule has 1 aliphatic rings. The van der Waals surface area contributed by atoms with Crippen molar-refractivity contribution in [3.05, 3.63) is 58.3 Å². The molecule has 2 aromatic rings. The van der Waals surface area contributed by atoms with Gasteiger partial charge in [-0.15, -0.1) is 0 Å². The van der Waals surface area contributed by atoms with E-state index in [2.05, 4.69) is 21.2 Å². The Hall–Kier alpha value is -1.88. The van der Waals surface area contributed by atoms with Crippen LogP contribution in [0.3, 0.4) is 0 Å². The molecule has 21 heavy (non-hydrogen) atoms. The Kier molecular flexibility index (Phi) is 3.92. The van der Waals surface area contributed by atoms with Crippen LogP contribution in [0.1, 0.15) is 17.9 Å². The molecule has 5 heteroatoms. The first-order valence-electron chi connectivity index (χ1n) is 6.63. The van der Waals surface area contributed by atoms with Crippen molar-refractivity contribution in [1.29, 1.82) is 0 Å². The summed E-state index contributed by atoms with van der Waals surface area (Å²) in [7, 11) is 0. The first kappa shape index (κ1) is 14.1. The van der Waals surface area contributed by atoms with E-state index in [9.17, 15) is 9.18 Å². The number of hydrogen-bond donors (Lipinski definition) is 1. The van der Waals surface area contributed by atoms with Gasteiger partial charge in [0.05, 0.1) is 17.0 Å². The second kappa shape index (κ2) is 5.85. The molecular weight excluding hydrogens is 337 g/mol. The number of carbonyl (C=O) groups is 1. The van der Waals surface area contributed by atoms with Crippen LogP contribution in [0.2, 0.25) is 0 Å². The molecular formula is C16H13BrFNO2. The topological polar surface area (TPSA) is 38.3 Å². The molecule has 0 bridgehead atoms. The number of fused-ring (bicyclic) bond motifs is 1. The number of carbonyl (C=O) groups excluding carboxylic acids is 1. The van der Waals surface area contributed by atoms with E-state index in [1.165, 1.54) is 6.07 Å². The quantitative estimate of drug-likeness (QED) is 0.886. The summed E-state index contributed by atoms with van der Waals surface area (Å²) in [6.07, 6.45) is 0.630. The predicted molar refractivity (Wildman–Crippen MR) is 82.0 cm³/mol. The van der Waals surface area contributed by atoms with Crippen molar-refractivity contribution in [2.75, 3.05) is 11.9 Å². The van der Waals surface area contributed by atoms with Crippen LogP contribution in [-0.4, -0.2) is 12.5 Å². The highest BCUT2D eigenvalue weighted by Gasteiger charge is 2.27. The van der Waals surface area contributed by atoms with Crippen LogP contribution in [-0.2, 0) is 4.79 Å². The average Bonchev–Trinajstić information content (AvgIpc) is 2.50. The molecule has 1 amide bonds. The Bertz CT molecular complexity index is 690. The summed E-state index contributed by atoms with van der Waals surface area (Å²) in [5.41, 5.74) is 1.46. The molecule has 0 saturated heterocycles. The molecule has 3 rings (SSSR count). The fraction of sp³-hybridized carbons (Fsp3) is 0.188. The van der Waals surface area contributed by atoms with Crippen molar-refractivity contribution in [1.82, 2.24) is 0 Å². The van der Waals surface area contributed by atoms with E-state index in [0.717, 1.165) is 11.3 Å². The van der Waals surface area contributed by atoms with Crippen LogP contribution < -0.4 is 10.1 Å². The van der Waals surface area contributed by atoms with Gasteiger partial charge in [-0.1, -0.05) is 18.2 Å². The molecule has 0 fully saturated rings. The van der Waals surface area contributed by atoms with Crippen LogP contribution >= 0.6 is 15.9 Å². The second-order valence-electron chi connectivity index (χ2n) is 4.85. The molecule has 1 N–H and O–H groups in total. The Morgan fingerprint density at radius 3 is 2.90 bits per heavy atom. The first-order valence-corrected chi connectivity index (χ1v) is 7.42. The number of halogens is 2. The average molecular weight is 350 g/mol. The summed E-state index contributed by atoms with van der Waals surface area (Å²) in [6.45, 7) is 0.516. The number of rotatable bonds is 2. The van der Waals surface area contributed by atoms with Gasteiger partial charge in [0.15, 0.2) is 0 Å². The second-order valence-corrected chi connectivity index (χ2v) is 5.70.